The van der Waals surface area contributed by atoms with Crippen LogP contribution < -0.4 is 10.2 Å². The lowest BCUT2D eigenvalue weighted by Gasteiger charge is -2.33. The molecule has 0 aromatic heterocycles. The van der Waals surface area contributed by atoms with Crippen LogP contribution in [0.15, 0.2) is 24.3 Å². The number of para-hydroxylation sites is 1. The molecule has 0 radical (unpaired) electrons. The summed E-state index contributed by atoms with van der Waals surface area (Å²) in [6.07, 6.45) is 0.852. The van der Waals surface area contributed by atoms with Gasteiger partial charge in [-0.3, -0.25) is 4.90 Å². The van der Waals surface area contributed by atoms with E-state index in [-0.39, 0.29) is 6.04 Å². The van der Waals surface area contributed by atoms with Crippen molar-refractivity contribution in [2.75, 3.05) is 25.0 Å². The predicted octanol–water partition coefficient (Wildman–Crippen LogP) is 2.76. The highest BCUT2D eigenvalue weighted by molar-refractivity contribution is 5.64. The summed E-state index contributed by atoms with van der Waals surface area (Å²) >= 11 is 0. The number of nitrogens with one attached hydrogen (secondary N) is 1. The van der Waals surface area contributed by atoms with E-state index in [0.717, 1.165) is 32.5 Å². The molecule has 22 heavy (non-hydrogen) atoms. The van der Waals surface area contributed by atoms with Gasteiger partial charge in [0.15, 0.2) is 0 Å². The van der Waals surface area contributed by atoms with Gasteiger partial charge in [-0.25, -0.2) is 4.79 Å². The van der Waals surface area contributed by atoms with E-state index in [4.69, 9.17) is 5.11 Å². The molecule has 0 atom stereocenters. The fourth-order valence-corrected chi connectivity index (χ4v) is 2.92. The number of carbonyl (C=O) groups is 1. The molecule has 5 heteroatoms. The summed E-state index contributed by atoms with van der Waals surface area (Å²) in [4.78, 5) is 15.4. The van der Waals surface area contributed by atoms with E-state index in [1.54, 1.807) is 0 Å². The molecule has 1 amide bonds. The average molecular weight is 305 g/mol. The Hall–Kier alpha value is -1.75. The van der Waals surface area contributed by atoms with Gasteiger partial charge in [-0.1, -0.05) is 18.2 Å². The van der Waals surface area contributed by atoms with Crippen LogP contribution in [-0.4, -0.2) is 48.3 Å². The normalized spacial score (nSPS) is 16.7. The number of hydrogen-bond donors (Lipinski definition) is 2. The van der Waals surface area contributed by atoms with Crippen LogP contribution in [0.5, 0.6) is 0 Å². The number of nitrogens with zero attached hydrogens (tertiary/aromatic N) is 2. The Balaban J connectivity index is 1.96. The predicted molar refractivity (Wildman–Crippen MR) is 89.4 cm³/mol. The zero-order chi connectivity index (χ0) is 16.1. The van der Waals surface area contributed by atoms with Gasteiger partial charge in [0.25, 0.3) is 0 Å². The quantitative estimate of drug-likeness (QED) is 0.878. The molecule has 1 aromatic carbocycles. The number of hydrogen-bond acceptors (Lipinski definition) is 3. The number of likely N-dealkylation sites (tertiary alicyclic amines) is 1. The molecular formula is C17H27N3O2. The van der Waals surface area contributed by atoms with Crippen LogP contribution in [0.25, 0.3) is 0 Å². The molecule has 1 heterocycles. The van der Waals surface area contributed by atoms with Crippen LogP contribution >= 0.6 is 0 Å². The molecule has 1 aliphatic rings. The van der Waals surface area contributed by atoms with Crippen molar-refractivity contribution in [1.29, 1.82) is 0 Å². The molecule has 2 rings (SSSR count). The summed E-state index contributed by atoms with van der Waals surface area (Å²) < 4.78 is 0. The van der Waals surface area contributed by atoms with Gasteiger partial charge < -0.3 is 15.3 Å². The monoisotopic (exact) mass is 305 g/mol. The van der Waals surface area contributed by atoms with Gasteiger partial charge in [-0.15, -0.1) is 0 Å². The maximum absolute atomic E-state index is 10.7. The number of piperidine rings is 1. The van der Waals surface area contributed by atoms with Crippen molar-refractivity contribution in [3.05, 3.63) is 29.8 Å². The average Bonchev–Trinajstić information content (AvgIpc) is 2.48. The molecule has 122 valence electrons. The molecule has 0 bridgehead atoms. The Labute approximate surface area is 132 Å². The van der Waals surface area contributed by atoms with Crippen molar-refractivity contribution in [3.8, 4) is 0 Å². The molecule has 2 N–H and O–H groups in total. The van der Waals surface area contributed by atoms with E-state index >= 15 is 0 Å². The fraction of sp³-hybridized carbons (Fsp3) is 0.588. The molecule has 1 aromatic rings. The van der Waals surface area contributed by atoms with Crippen molar-refractivity contribution >= 4 is 11.8 Å². The third-order valence-electron chi connectivity index (χ3n) is 4.46. The molecule has 5 nitrogen and oxygen atoms in total. The molecule has 1 aliphatic heterocycles. The largest absolute Gasteiger partial charge is 0.465 e. The lowest BCUT2D eigenvalue weighted by Crippen LogP contribution is -2.44. The second-order valence-electron chi connectivity index (χ2n) is 6.33. The second kappa shape index (κ2) is 7.49. The maximum Gasteiger partial charge on any atom is 0.404 e. The molecule has 0 aliphatic carbocycles. The van der Waals surface area contributed by atoms with Gasteiger partial charge in [0.1, 0.15) is 0 Å². The Morgan fingerprint density at radius 2 is 2.00 bits per heavy atom. The van der Waals surface area contributed by atoms with E-state index in [9.17, 15) is 4.79 Å². The van der Waals surface area contributed by atoms with E-state index in [1.807, 2.05) is 0 Å². The summed E-state index contributed by atoms with van der Waals surface area (Å²) in [5.74, 6) is 0. The van der Waals surface area contributed by atoms with Crippen molar-refractivity contribution in [2.45, 2.75) is 45.3 Å². The second-order valence-corrected chi connectivity index (χ2v) is 6.33. The summed E-state index contributed by atoms with van der Waals surface area (Å²) in [6, 6.07) is 9.10. The van der Waals surface area contributed by atoms with Crippen molar-refractivity contribution < 1.29 is 9.90 Å². The third-order valence-corrected chi connectivity index (χ3v) is 4.46. The summed E-state index contributed by atoms with van der Waals surface area (Å²) in [6.45, 7) is 7.18. The Bertz CT molecular complexity index is 496. The summed E-state index contributed by atoms with van der Waals surface area (Å²) in [7, 11) is 2.13. The first-order valence-corrected chi connectivity index (χ1v) is 8.00. The lowest BCUT2D eigenvalue weighted by molar-refractivity contribution is 0.165. The number of anilines is 1. The smallest absolute Gasteiger partial charge is 0.404 e. The Morgan fingerprint density at radius 3 is 2.59 bits per heavy atom. The number of rotatable bonds is 5. The molecule has 0 saturated carbocycles. The Morgan fingerprint density at radius 1 is 1.36 bits per heavy atom. The topological polar surface area (TPSA) is 55.8 Å². The van der Waals surface area contributed by atoms with Gasteiger partial charge >= 0.3 is 6.09 Å². The van der Waals surface area contributed by atoms with Gasteiger partial charge in [0, 0.05) is 44.5 Å². The first-order valence-electron chi connectivity index (χ1n) is 8.00. The van der Waals surface area contributed by atoms with E-state index < -0.39 is 6.09 Å². The minimum atomic E-state index is -0.914. The maximum atomic E-state index is 10.7. The van der Waals surface area contributed by atoms with Crippen LogP contribution in [0.1, 0.15) is 32.3 Å². The van der Waals surface area contributed by atoms with Gasteiger partial charge in [0.2, 0.25) is 0 Å². The van der Waals surface area contributed by atoms with Gasteiger partial charge in [-0.2, -0.15) is 0 Å². The SMILES string of the molecule is CC(C)N(C)c1ccccc1CN1CCC(NC(=O)O)CC1. The van der Waals surface area contributed by atoms with Crippen LogP contribution in [0.4, 0.5) is 10.5 Å². The van der Waals surface area contributed by atoms with E-state index in [0.29, 0.717) is 6.04 Å². The number of carboxylic acid groups (broad SMARTS) is 1. The number of amides is 1. The highest BCUT2D eigenvalue weighted by atomic mass is 16.4. The molecule has 0 spiro atoms. The third kappa shape index (κ3) is 4.37. The first kappa shape index (κ1) is 16.6. The van der Waals surface area contributed by atoms with Crippen LogP contribution in [0, 0.1) is 0 Å². The molecular weight excluding hydrogens is 278 g/mol. The van der Waals surface area contributed by atoms with Crippen molar-refractivity contribution in [1.82, 2.24) is 10.2 Å². The standard InChI is InChI=1S/C17H27N3O2/c1-13(2)19(3)16-7-5-4-6-14(16)12-20-10-8-15(9-11-20)18-17(21)22/h4-7,13,15,18H,8-12H2,1-3H3,(H,21,22). The first-order chi connectivity index (χ1) is 10.5. The fourth-order valence-electron chi connectivity index (χ4n) is 2.92. The van der Waals surface area contributed by atoms with E-state index in [2.05, 4.69) is 60.3 Å². The zero-order valence-electron chi connectivity index (χ0n) is 13.7. The highest BCUT2D eigenvalue weighted by Gasteiger charge is 2.21. The highest BCUT2D eigenvalue weighted by Crippen LogP contribution is 2.24. The van der Waals surface area contributed by atoms with Crippen molar-refractivity contribution in [2.24, 2.45) is 0 Å². The molecule has 0 unspecified atom stereocenters. The molecule has 1 fully saturated rings. The lowest BCUT2D eigenvalue weighted by atomic mass is 10.0. The van der Waals surface area contributed by atoms with E-state index in [1.165, 1.54) is 11.3 Å². The van der Waals surface area contributed by atoms with Crippen LogP contribution in [0.2, 0.25) is 0 Å². The van der Waals surface area contributed by atoms with Gasteiger partial charge in [-0.05, 0) is 38.3 Å². The zero-order valence-corrected chi connectivity index (χ0v) is 13.7. The minimum Gasteiger partial charge on any atom is -0.465 e. The van der Waals surface area contributed by atoms with Crippen molar-refractivity contribution in [3.63, 3.8) is 0 Å². The van der Waals surface area contributed by atoms with Gasteiger partial charge in [0.05, 0.1) is 0 Å². The number of benzene rings is 1. The summed E-state index contributed by atoms with van der Waals surface area (Å²) in [5.41, 5.74) is 2.62. The van der Waals surface area contributed by atoms with Crippen LogP contribution in [0.3, 0.4) is 0 Å². The Kier molecular flexibility index (Phi) is 5.66. The van der Waals surface area contributed by atoms with Crippen LogP contribution in [-0.2, 0) is 6.54 Å². The molecule has 1 saturated heterocycles. The summed E-state index contributed by atoms with van der Waals surface area (Å²) in [5, 5.41) is 11.4. The minimum absolute atomic E-state index is 0.0994.